The lowest BCUT2D eigenvalue weighted by atomic mass is 9.84. The van der Waals surface area contributed by atoms with Crippen molar-refractivity contribution in [3.63, 3.8) is 0 Å². The van der Waals surface area contributed by atoms with E-state index in [9.17, 15) is 24.3 Å². The Bertz CT molecular complexity index is 861. The van der Waals surface area contributed by atoms with Crippen LogP contribution in [-0.4, -0.2) is 59.1 Å². The van der Waals surface area contributed by atoms with Crippen molar-refractivity contribution < 1.29 is 29.0 Å². The Kier molecular flexibility index (Phi) is 6.26. The van der Waals surface area contributed by atoms with Gasteiger partial charge in [-0.1, -0.05) is 25.1 Å². The second-order valence-corrected chi connectivity index (χ2v) is 7.39. The van der Waals surface area contributed by atoms with E-state index in [1.54, 1.807) is 37.3 Å². The van der Waals surface area contributed by atoms with Crippen LogP contribution in [0.2, 0.25) is 0 Å². The van der Waals surface area contributed by atoms with Gasteiger partial charge in [-0.05, 0) is 36.4 Å². The summed E-state index contributed by atoms with van der Waals surface area (Å²) in [6.45, 7) is 1.70. The summed E-state index contributed by atoms with van der Waals surface area (Å²) in [6, 6.07) is 13.4. The Hall–Kier alpha value is -2.81. The van der Waals surface area contributed by atoms with Crippen molar-refractivity contribution in [2.75, 3.05) is 19.7 Å². The number of aliphatic hydroxyl groups is 1. The van der Waals surface area contributed by atoms with Gasteiger partial charge in [-0.25, -0.2) is 9.45 Å². The number of benzene rings is 2. The second-order valence-electron chi connectivity index (χ2n) is 7.39. The highest BCUT2D eigenvalue weighted by Crippen LogP contribution is 2.33. The van der Waals surface area contributed by atoms with Crippen molar-refractivity contribution >= 4 is 11.8 Å². The normalized spacial score (nSPS) is 23.6. The molecule has 7 nitrogen and oxygen atoms in total. The first-order chi connectivity index (χ1) is 13.8. The first-order valence-corrected chi connectivity index (χ1v) is 9.19. The van der Waals surface area contributed by atoms with Crippen LogP contribution < -0.4 is 5.32 Å². The maximum absolute atomic E-state index is 13.0. The molecule has 3 atom stereocenters. The summed E-state index contributed by atoms with van der Waals surface area (Å²) >= 11 is 0. The molecule has 0 aliphatic carbocycles. The molecule has 1 aliphatic heterocycles. The van der Waals surface area contributed by atoms with Gasteiger partial charge in [0.2, 0.25) is 0 Å². The summed E-state index contributed by atoms with van der Waals surface area (Å²) in [4.78, 5) is 24.5. The maximum Gasteiger partial charge on any atom is 0.277 e. The van der Waals surface area contributed by atoms with E-state index in [0.717, 1.165) is 0 Å². The van der Waals surface area contributed by atoms with Gasteiger partial charge in [0.15, 0.2) is 0 Å². The molecule has 0 aromatic heterocycles. The molecule has 1 fully saturated rings. The lowest BCUT2D eigenvalue weighted by Crippen LogP contribution is -2.47. The number of halogens is 1. The quantitative estimate of drug-likeness (QED) is 0.506. The fourth-order valence-corrected chi connectivity index (χ4v) is 3.27. The van der Waals surface area contributed by atoms with Gasteiger partial charge in [0, 0.05) is 23.1 Å². The zero-order chi connectivity index (χ0) is 21.0. The Labute approximate surface area is 167 Å². The van der Waals surface area contributed by atoms with Crippen LogP contribution in [0.15, 0.2) is 54.6 Å². The van der Waals surface area contributed by atoms with E-state index >= 15 is 0 Å². The molecular formula is C21H23FN2O5. The first kappa shape index (κ1) is 20.9. The van der Waals surface area contributed by atoms with Crippen molar-refractivity contribution in [1.29, 1.82) is 0 Å². The van der Waals surface area contributed by atoms with Crippen LogP contribution >= 0.6 is 0 Å². The molecule has 8 heteroatoms. The standard InChI is InChI=1S/C21H23FN2O5/c1-21(12-24(28)20(27)15-5-3-2-4-6-15)13-29-17(18(21)25)11-23-19(26)14-7-9-16(22)10-8-14/h2-10,17-18,25,28H,11-13H2,1H3,(H,23,26)/t17-,18-,21-/m1/s1. The van der Waals surface area contributed by atoms with Crippen molar-refractivity contribution in [3.05, 3.63) is 71.5 Å². The van der Waals surface area contributed by atoms with Crippen LogP contribution in [0.4, 0.5) is 4.39 Å². The highest BCUT2D eigenvalue weighted by atomic mass is 19.1. The number of rotatable bonds is 6. The average Bonchev–Trinajstić information content (AvgIpc) is 3.00. The number of nitrogens with zero attached hydrogens (tertiary/aromatic N) is 1. The maximum atomic E-state index is 13.0. The van der Waals surface area contributed by atoms with Gasteiger partial charge in [-0.2, -0.15) is 0 Å². The van der Waals surface area contributed by atoms with E-state index < -0.39 is 35.3 Å². The van der Waals surface area contributed by atoms with Crippen molar-refractivity contribution in [2.45, 2.75) is 19.1 Å². The Morgan fingerprint density at radius 3 is 2.48 bits per heavy atom. The molecule has 3 rings (SSSR count). The summed E-state index contributed by atoms with van der Waals surface area (Å²) in [5, 5.41) is 24.1. The second kappa shape index (κ2) is 8.69. The molecule has 0 radical (unpaired) electrons. The van der Waals surface area contributed by atoms with E-state index in [1.807, 2.05) is 0 Å². The van der Waals surface area contributed by atoms with Crippen LogP contribution in [0, 0.1) is 11.2 Å². The average molecular weight is 402 g/mol. The van der Waals surface area contributed by atoms with Crippen molar-refractivity contribution in [2.24, 2.45) is 5.41 Å². The van der Waals surface area contributed by atoms with E-state index in [-0.39, 0.29) is 25.3 Å². The highest BCUT2D eigenvalue weighted by molar-refractivity contribution is 5.94. The van der Waals surface area contributed by atoms with E-state index in [2.05, 4.69) is 5.32 Å². The summed E-state index contributed by atoms with van der Waals surface area (Å²) < 4.78 is 18.6. The van der Waals surface area contributed by atoms with Crippen LogP contribution in [-0.2, 0) is 4.74 Å². The highest BCUT2D eigenvalue weighted by Gasteiger charge is 2.47. The lowest BCUT2D eigenvalue weighted by Gasteiger charge is -2.31. The molecule has 0 spiro atoms. The fraction of sp³-hybridized carbons (Fsp3) is 0.333. The summed E-state index contributed by atoms with van der Waals surface area (Å²) in [5.74, 6) is -1.44. The van der Waals surface area contributed by atoms with Gasteiger partial charge in [-0.3, -0.25) is 14.8 Å². The molecule has 0 bridgehead atoms. The topological polar surface area (TPSA) is 99.1 Å². The molecule has 1 saturated heterocycles. The van der Waals surface area contributed by atoms with Crippen LogP contribution in [0.1, 0.15) is 27.6 Å². The third-order valence-corrected chi connectivity index (χ3v) is 5.03. The predicted molar refractivity (Wildman–Crippen MR) is 102 cm³/mol. The molecule has 29 heavy (non-hydrogen) atoms. The van der Waals surface area contributed by atoms with Crippen molar-refractivity contribution in [3.8, 4) is 0 Å². The molecule has 2 amide bonds. The molecule has 154 valence electrons. The van der Waals surface area contributed by atoms with Crippen molar-refractivity contribution in [1.82, 2.24) is 10.4 Å². The zero-order valence-electron chi connectivity index (χ0n) is 15.9. The minimum absolute atomic E-state index is 0.0328. The first-order valence-electron chi connectivity index (χ1n) is 9.19. The smallest absolute Gasteiger partial charge is 0.277 e. The van der Waals surface area contributed by atoms with Gasteiger partial charge in [0.05, 0.1) is 19.3 Å². The summed E-state index contributed by atoms with van der Waals surface area (Å²) in [7, 11) is 0. The number of aliphatic hydroxyl groups excluding tert-OH is 1. The van der Waals surface area contributed by atoms with Gasteiger partial charge in [0.25, 0.3) is 11.8 Å². The molecule has 1 aliphatic rings. The van der Waals surface area contributed by atoms with Crippen LogP contribution in [0.5, 0.6) is 0 Å². The van der Waals surface area contributed by atoms with E-state index in [1.165, 1.54) is 24.3 Å². The van der Waals surface area contributed by atoms with Gasteiger partial charge in [0.1, 0.15) is 11.9 Å². The molecule has 2 aromatic carbocycles. The Morgan fingerprint density at radius 1 is 1.17 bits per heavy atom. The monoisotopic (exact) mass is 402 g/mol. The van der Waals surface area contributed by atoms with Gasteiger partial charge < -0.3 is 15.2 Å². The fourth-order valence-electron chi connectivity index (χ4n) is 3.27. The number of hydrogen-bond donors (Lipinski definition) is 3. The molecule has 0 saturated carbocycles. The molecular weight excluding hydrogens is 379 g/mol. The number of carbonyl (C=O) groups is 2. The van der Waals surface area contributed by atoms with E-state index in [4.69, 9.17) is 4.74 Å². The molecule has 0 unspecified atom stereocenters. The Morgan fingerprint density at radius 2 is 1.83 bits per heavy atom. The predicted octanol–water partition coefficient (Wildman–Crippen LogP) is 1.85. The van der Waals surface area contributed by atoms with Crippen LogP contribution in [0.25, 0.3) is 0 Å². The zero-order valence-corrected chi connectivity index (χ0v) is 15.9. The third kappa shape index (κ3) is 4.79. The largest absolute Gasteiger partial charge is 0.390 e. The summed E-state index contributed by atoms with van der Waals surface area (Å²) in [6.07, 6.45) is -1.72. The number of ether oxygens (including phenoxy) is 1. The number of nitrogens with one attached hydrogen (secondary N) is 1. The number of hydrogen-bond acceptors (Lipinski definition) is 5. The minimum atomic E-state index is -1.02. The lowest BCUT2D eigenvalue weighted by molar-refractivity contribution is -0.0940. The number of carbonyl (C=O) groups excluding carboxylic acids is 2. The van der Waals surface area contributed by atoms with Gasteiger partial charge in [-0.15, -0.1) is 0 Å². The third-order valence-electron chi connectivity index (χ3n) is 5.03. The van der Waals surface area contributed by atoms with Crippen LogP contribution in [0.3, 0.4) is 0 Å². The van der Waals surface area contributed by atoms with Gasteiger partial charge >= 0.3 is 0 Å². The molecule has 1 heterocycles. The number of hydroxylamine groups is 2. The molecule has 2 aromatic rings. The Balaban J connectivity index is 1.56. The molecule has 3 N–H and O–H groups in total. The SMILES string of the molecule is C[C@@]1(CN(O)C(=O)c2ccccc2)CO[C@H](CNC(=O)c2ccc(F)cc2)[C@H]1O. The van der Waals surface area contributed by atoms with E-state index in [0.29, 0.717) is 10.6 Å². The number of amides is 2. The summed E-state index contributed by atoms with van der Waals surface area (Å²) in [5.41, 5.74) is -0.295. The minimum Gasteiger partial charge on any atom is -0.390 e.